The third kappa shape index (κ3) is 4.97. The van der Waals surface area contributed by atoms with Gasteiger partial charge in [0.15, 0.2) is 11.5 Å². The van der Waals surface area contributed by atoms with Crippen molar-refractivity contribution in [1.82, 2.24) is 10.2 Å². The number of nitriles is 1. The number of amides is 1. The first-order chi connectivity index (χ1) is 14.4. The van der Waals surface area contributed by atoms with Gasteiger partial charge in [0, 0.05) is 26.3 Å². The molecule has 0 saturated heterocycles. The minimum Gasteiger partial charge on any atom is -0.505 e. The molecule has 0 unspecified atom stereocenters. The molecule has 30 heavy (non-hydrogen) atoms. The number of ketones is 1. The average molecular weight is 406 g/mol. The molecule has 1 aliphatic carbocycles. The van der Waals surface area contributed by atoms with Gasteiger partial charge < -0.3 is 20.6 Å². The summed E-state index contributed by atoms with van der Waals surface area (Å²) in [5.74, 6) is -0.848. The summed E-state index contributed by atoms with van der Waals surface area (Å²) < 4.78 is 0. The largest absolute Gasteiger partial charge is 0.505 e. The number of allylic oxidation sites excluding steroid dienone is 2. The molecular weight excluding hydrogens is 380 g/mol. The summed E-state index contributed by atoms with van der Waals surface area (Å²) in [6.07, 6.45) is 0.261. The van der Waals surface area contributed by atoms with E-state index in [9.17, 15) is 20.0 Å². The molecule has 0 bridgehead atoms. The first-order valence-electron chi connectivity index (χ1n) is 9.70. The SMILES string of the molecule is CC.CN(C)C(=O)c1cc(C#N)cc(NC2=C(NCc3ccccc3)CC2=O)c1O. The minimum atomic E-state index is -0.436. The summed E-state index contributed by atoms with van der Waals surface area (Å²) >= 11 is 0. The molecule has 7 nitrogen and oxygen atoms in total. The molecule has 7 heteroatoms. The summed E-state index contributed by atoms with van der Waals surface area (Å²) in [5, 5.41) is 25.8. The second-order valence-corrected chi connectivity index (χ2v) is 6.65. The molecule has 0 aliphatic heterocycles. The summed E-state index contributed by atoms with van der Waals surface area (Å²) in [4.78, 5) is 25.7. The molecule has 3 N–H and O–H groups in total. The smallest absolute Gasteiger partial charge is 0.257 e. The van der Waals surface area contributed by atoms with E-state index in [0.29, 0.717) is 12.2 Å². The Morgan fingerprint density at radius 1 is 1.20 bits per heavy atom. The maximum absolute atomic E-state index is 12.3. The zero-order chi connectivity index (χ0) is 22.3. The fourth-order valence-corrected chi connectivity index (χ4v) is 2.83. The highest BCUT2D eigenvalue weighted by molar-refractivity contribution is 6.07. The Morgan fingerprint density at radius 2 is 1.87 bits per heavy atom. The van der Waals surface area contributed by atoms with E-state index in [1.54, 1.807) is 14.1 Å². The van der Waals surface area contributed by atoms with Crippen LogP contribution in [0.1, 0.15) is 41.8 Å². The fourth-order valence-electron chi connectivity index (χ4n) is 2.83. The molecule has 0 aromatic heterocycles. The van der Waals surface area contributed by atoms with Gasteiger partial charge in [-0.15, -0.1) is 0 Å². The number of Topliss-reactive ketones (excluding diaryl/α,β-unsaturated/α-hetero) is 1. The van der Waals surface area contributed by atoms with Crippen LogP contribution < -0.4 is 10.6 Å². The van der Waals surface area contributed by atoms with Crippen molar-refractivity contribution in [3.8, 4) is 11.8 Å². The number of hydrogen-bond acceptors (Lipinski definition) is 6. The molecule has 0 saturated carbocycles. The molecule has 2 aromatic rings. The van der Waals surface area contributed by atoms with Gasteiger partial charge >= 0.3 is 0 Å². The number of aromatic hydroxyl groups is 1. The highest BCUT2D eigenvalue weighted by Crippen LogP contribution is 2.34. The molecule has 0 fully saturated rings. The van der Waals surface area contributed by atoms with E-state index in [1.165, 1.54) is 17.0 Å². The van der Waals surface area contributed by atoms with Crippen molar-refractivity contribution in [1.29, 1.82) is 5.26 Å². The number of rotatable bonds is 6. The van der Waals surface area contributed by atoms with E-state index < -0.39 is 5.91 Å². The average Bonchev–Trinajstić information content (AvgIpc) is 2.77. The highest BCUT2D eigenvalue weighted by Gasteiger charge is 2.29. The number of carbonyl (C=O) groups excluding carboxylic acids is 2. The van der Waals surface area contributed by atoms with Crippen molar-refractivity contribution < 1.29 is 14.7 Å². The molecule has 2 aromatic carbocycles. The van der Waals surface area contributed by atoms with Gasteiger partial charge in [-0.2, -0.15) is 5.26 Å². The van der Waals surface area contributed by atoms with Crippen LogP contribution in [-0.2, 0) is 11.3 Å². The summed E-state index contributed by atoms with van der Waals surface area (Å²) in [7, 11) is 3.11. The van der Waals surface area contributed by atoms with Gasteiger partial charge in [-0.25, -0.2) is 0 Å². The lowest BCUT2D eigenvalue weighted by molar-refractivity contribution is -0.116. The number of nitrogens with one attached hydrogen (secondary N) is 2. The van der Waals surface area contributed by atoms with Crippen molar-refractivity contribution in [3.05, 3.63) is 70.5 Å². The lowest BCUT2D eigenvalue weighted by Crippen LogP contribution is -2.32. The number of carbonyl (C=O) groups is 2. The van der Waals surface area contributed by atoms with Crippen molar-refractivity contribution in [2.24, 2.45) is 0 Å². The number of phenols is 1. The third-order valence-electron chi connectivity index (χ3n) is 4.40. The zero-order valence-electron chi connectivity index (χ0n) is 17.6. The fraction of sp³-hybridized carbons (Fsp3) is 0.261. The third-order valence-corrected chi connectivity index (χ3v) is 4.40. The van der Waals surface area contributed by atoms with Gasteiger partial charge in [-0.1, -0.05) is 44.2 Å². The minimum absolute atomic E-state index is 0.00211. The Balaban J connectivity index is 0.00000155. The Kier molecular flexibility index (Phi) is 7.59. The van der Waals surface area contributed by atoms with Crippen molar-refractivity contribution in [2.75, 3.05) is 19.4 Å². The van der Waals surface area contributed by atoms with Gasteiger partial charge in [-0.3, -0.25) is 9.59 Å². The first kappa shape index (κ1) is 22.5. The van der Waals surface area contributed by atoms with Crippen LogP contribution in [0.25, 0.3) is 0 Å². The topological polar surface area (TPSA) is 105 Å². The standard InChI is InChI=1S/C21H20N4O3.C2H6/c1-25(2)21(28)15-8-14(11-22)9-17(20(15)27)24-19-16(10-18(19)26)23-12-13-6-4-3-5-7-13;1-2/h3-9,23-24,27H,10,12H2,1-2H3;1-2H3. The van der Waals surface area contributed by atoms with E-state index in [4.69, 9.17) is 0 Å². The Morgan fingerprint density at radius 3 is 2.43 bits per heavy atom. The molecule has 156 valence electrons. The van der Waals surface area contributed by atoms with Crippen LogP contribution >= 0.6 is 0 Å². The molecule has 3 rings (SSSR count). The van der Waals surface area contributed by atoms with Crippen LogP contribution in [-0.4, -0.2) is 35.8 Å². The predicted octanol–water partition coefficient (Wildman–Crippen LogP) is 3.38. The van der Waals surface area contributed by atoms with Crippen molar-refractivity contribution >= 4 is 17.4 Å². The Hall–Kier alpha value is -3.79. The lowest BCUT2D eigenvalue weighted by Gasteiger charge is -2.25. The van der Waals surface area contributed by atoms with Gasteiger partial charge in [0.25, 0.3) is 5.91 Å². The molecule has 0 atom stereocenters. The molecule has 0 spiro atoms. The predicted molar refractivity (Wildman–Crippen MR) is 116 cm³/mol. The summed E-state index contributed by atoms with van der Waals surface area (Å²) in [5.41, 5.74) is 2.46. The number of anilines is 1. The molecule has 1 aliphatic rings. The van der Waals surface area contributed by atoms with E-state index in [1.807, 2.05) is 50.2 Å². The maximum Gasteiger partial charge on any atom is 0.257 e. The summed E-state index contributed by atoms with van der Waals surface area (Å²) in [6, 6.07) is 14.5. The number of hydrogen-bond donors (Lipinski definition) is 3. The second kappa shape index (κ2) is 10.1. The Labute approximate surface area is 176 Å². The van der Waals surface area contributed by atoms with E-state index in [2.05, 4.69) is 10.6 Å². The van der Waals surface area contributed by atoms with E-state index in [0.717, 1.165) is 11.3 Å². The van der Waals surface area contributed by atoms with Gasteiger partial charge in [0.2, 0.25) is 0 Å². The first-order valence-corrected chi connectivity index (χ1v) is 9.70. The monoisotopic (exact) mass is 406 g/mol. The number of nitrogens with zero attached hydrogens (tertiary/aromatic N) is 2. The summed E-state index contributed by atoms with van der Waals surface area (Å²) in [6.45, 7) is 4.56. The maximum atomic E-state index is 12.3. The van der Waals surface area contributed by atoms with Gasteiger partial charge in [0.1, 0.15) is 5.70 Å². The van der Waals surface area contributed by atoms with Crippen LogP contribution in [0.4, 0.5) is 5.69 Å². The van der Waals surface area contributed by atoms with Crippen LogP contribution in [0.2, 0.25) is 0 Å². The van der Waals surface area contributed by atoms with Crippen LogP contribution in [0.5, 0.6) is 5.75 Å². The molecule has 0 heterocycles. The van der Waals surface area contributed by atoms with Crippen molar-refractivity contribution in [2.45, 2.75) is 26.8 Å². The lowest BCUT2D eigenvalue weighted by atomic mass is 9.97. The molecule has 0 radical (unpaired) electrons. The second-order valence-electron chi connectivity index (χ2n) is 6.65. The van der Waals surface area contributed by atoms with Crippen LogP contribution in [0.3, 0.4) is 0 Å². The van der Waals surface area contributed by atoms with Crippen LogP contribution in [0.15, 0.2) is 53.9 Å². The van der Waals surface area contributed by atoms with Crippen molar-refractivity contribution in [3.63, 3.8) is 0 Å². The normalized spacial score (nSPS) is 12.2. The number of benzene rings is 2. The Bertz CT molecular complexity index is 1010. The van der Waals surface area contributed by atoms with Gasteiger partial charge in [0.05, 0.1) is 29.3 Å². The highest BCUT2D eigenvalue weighted by atomic mass is 16.3. The van der Waals surface area contributed by atoms with E-state index >= 15 is 0 Å². The van der Waals surface area contributed by atoms with Crippen LogP contribution in [0, 0.1) is 11.3 Å². The quantitative estimate of drug-likeness (QED) is 0.635. The molecule has 1 amide bonds. The molecular formula is C23H26N4O3. The number of phenolic OH excluding ortho intramolecular Hbond substituents is 1. The van der Waals surface area contributed by atoms with Gasteiger partial charge in [-0.05, 0) is 17.7 Å². The zero-order valence-corrected chi connectivity index (χ0v) is 17.6. The van der Waals surface area contributed by atoms with E-state index in [-0.39, 0.29) is 34.8 Å².